The molecule has 2 heterocycles. The van der Waals surface area contributed by atoms with Crippen molar-refractivity contribution in [2.75, 3.05) is 26.4 Å². The standard InChI is InChI=1S/C13H15BrO4.C13H13BrO4/c2*1-3-9-7-17-11-6-8(13(15)16-4-2)5-10(14)12(11)18-9/h5-6,9H,3-4,7H2,1-2H3;3,5-6,9H,1,4,7H2,2H3. The molecule has 36 heavy (non-hydrogen) atoms. The molecule has 0 radical (unpaired) electrons. The lowest BCUT2D eigenvalue weighted by Crippen LogP contribution is -2.28. The lowest BCUT2D eigenvalue weighted by molar-refractivity contribution is 0.0514. The van der Waals surface area contributed by atoms with Crippen LogP contribution in [0.2, 0.25) is 0 Å². The van der Waals surface area contributed by atoms with E-state index in [4.69, 9.17) is 28.4 Å². The molecule has 2 atom stereocenters. The Bertz CT molecular complexity index is 1120. The van der Waals surface area contributed by atoms with Gasteiger partial charge in [0.2, 0.25) is 0 Å². The molecule has 194 valence electrons. The highest BCUT2D eigenvalue weighted by Gasteiger charge is 2.25. The Morgan fingerprint density at radius 2 is 1.39 bits per heavy atom. The van der Waals surface area contributed by atoms with Gasteiger partial charge in [-0.1, -0.05) is 13.5 Å². The quantitative estimate of drug-likeness (QED) is 0.279. The number of halogens is 2. The van der Waals surface area contributed by atoms with Crippen LogP contribution in [0.1, 0.15) is 47.9 Å². The molecular formula is C26H28Br2O8. The van der Waals surface area contributed by atoms with Crippen LogP contribution >= 0.6 is 31.9 Å². The Morgan fingerprint density at radius 1 is 0.889 bits per heavy atom. The third kappa shape index (κ3) is 6.73. The number of rotatable bonds is 6. The zero-order valence-corrected chi connectivity index (χ0v) is 23.5. The van der Waals surface area contributed by atoms with Crippen LogP contribution in [0.3, 0.4) is 0 Å². The number of ether oxygens (including phenoxy) is 6. The van der Waals surface area contributed by atoms with Crippen molar-refractivity contribution < 1.29 is 38.0 Å². The first-order valence-electron chi connectivity index (χ1n) is 11.5. The minimum atomic E-state index is -0.379. The van der Waals surface area contributed by atoms with E-state index in [0.717, 1.165) is 6.42 Å². The molecule has 0 amide bonds. The average Bonchev–Trinajstić information content (AvgIpc) is 2.88. The van der Waals surface area contributed by atoms with Crippen LogP contribution in [-0.4, -0.2) is 50.6 Å². The zero-order chi connectivity index (χ0) is 26.2. The summed E-state index contributed by atoms with van der Waals surface area (Å²) in [6.45, 7) is 10.8. The van der Waals surface area contributed by atoms with E-state index in [1.54, 1.807) is 44.2 Å². The number of fused-ring (bicyclic) bond motifs is 2. The lowest BCUT2D eigenvalue weighted by Gasteiger charge is -2.26. The van der Waals surface area contributed by atoms with E-state index < -0.39 is 0 Å². The predicted molar refractivity (Wildman–Crippen MR) is 141 cm³/mol. The Balaban J connectivity index is 0.000000201. The van der Waals surface area contributed by atoms with E-state index in [-0.39, 0.29) is 24.1 Å². The molecule has 0 aliphatic carbocycles. The first-order valence-corrected chi connectivity index (χ1v) is 13.1. The minimum Gasteiger partial charge on any atom is -0.486 e. The molecule has 10 heteroatoms. The van der Waals surface area contributed by atoms with Crippen LogP contribution in [0.15, 0.2) is 45.9 Å². The van der Waals surface area contributed by atoms with Gasteiger partial charge in [-0.3, -0.25) is 0 Å². The first-order chi connectivity index (χ1) is 17.3. The third-order valence-electron chi connectivity index (χ3n) is 5.14. The molecule has 0 saturated carbocycles. The van der Waals surface area contributed by atoms with Gasteiger partial charge in [0.25, 0.3) is 0 Å². The highest BCUT2D eigenvalue weighted by atomic mass is 79.9. The Labute approximate surface area is 227 Å². The number of carbonyl (C=O) groups excluding carboxylic acids is 2. The molecule has 0 fully saturated rings. The summed E-state index contributed by atoms with van der Waals surface area (Å²) in [5, 5.41) is 0. The molecule has 2 aromatic rings. The van der Waals surface area contributed by atoms with Crippen molar-refractivity contribution in [3.8, 4) is 23.0 Å². The molecule has 2 aromatic carbocycles. The van der Waals surface area contributed by atoms with Crippen LogP contribution in [0.25, 0.3) is 0 Å². The topological polar surface area (TPSA) is 89.5 Å². The molecule has 2 aliphatic rings. The minimum absolute atomic E-state index is 0.0576. The van der Waals surface area contributed by atoms with Crippen molar-refractivity contribution in [1.82, 2.24) is 0 Å². The van der Waals surface area contributed by atoms with Crippen molar-refractivity contribution >= 4 is 43.8 Å². The van der Waals surface area contributed by atoms with Crippen LogP contribution in [0.5, 0.6) is 23.0 Å². The third-order valence-corrected chi connectivity index (χ3v) is 6.32. The number of carbonyl (C=O) groups is 2. The van der Waals surface area contributed by atoms with Crippen molar-refractivity contribution in [1.29, 1.82) is 0 Å². The maximum atomic E-state index is 11.7. The van der Waals surface area contributed by atoms with Gasteiger partial charge >= 0.3 is 11.9 Å². The summed E-state index contributed by atoms with van der Waals surface area (Å²) in [5.41, 5.74) is 0.893. The summed E-state index contributed by atoms with van der Waals surface area (Å²) in [5.74, 6) is 1.61. The fraction of sp³-hybridized carbons (Fsp3) is 0.385. The van der Waals surface area contributed by atoms with Crippen molar-refractivity contribution in [2.24, 2.45) is 0 Å². The summed E-state index contributed by atoms with van der Waals surface area (Å²) in [4.78, 5) is 23.3. The summed E-state index contributed by atoms with van der Waals surface area (Å²) in [6.07, 6.45) is 2.43. The summed E-state index contributed by atoms with van der Waals surface area (Å²) < 4.78 is 33.9. The van der Waals surface area contributed by atoms with Crippen molar-refractivity contribution in [3.05, 3.63) is 57.0 Å². The van der Waals surface area contributed by atoms with E-state index >= 15 is 0 Å². The van der Waals surface area contributed by atoms with Gasteiger partial charge in [-0.2, -0.15) is 0 Å². The van der Waals surface area contributed by atoms with E-state index in [0.29, 0.717) is 69.5 Å². The maximum absolute atomic E-state index is 11.7. The summed E-state index contributed by atoms with van der Waals surface area (Å²) >= 11 is 6.76. The van der Waals surface area contributed by atoms with Gasteiger partial charge in [0.1, 0.15) is 19.3 Å². The second-order valence-electron chi connectivity index (χ2n) is 7.67. The Morgan fingerprint density at radius 3 is 1.86 bits per heavy atom. The number of hydrogen-bond acceptors (Lipinski definition) is 8. The second-order valence-corrected chi connectivity index (χ2v) is 9.38. The molecule has 4 rings (SSSR count). The highest BCUT2D eigenvalue weighted by Crippen LogP contribution is 2.41. The predicted octanol–water partition coefficient (Wildman–Crippen LogP) is 6.13. The number of hydrogen-bond donors (Lipinski definition) is 0. The maximum Gasteiger partial charge on any atom is 0.338 e. The largest absolute Gasteiger partial charge is 0.486 e. The monoisotopic (exact) mass is 626 g/mol. The van der Waals surface area contributed by atoms with E-state index in [1.807, 2.05) is 6.92 Å². The van der Waals surface area contributed by atoms with Crippen LogP contribution in [0, 0.1) is 0 Å². The molecular weight excluding hydrogens is 600 g/mol. The Kier molecular flexibility index (Phi) is 10.1. The molecule has 0 spiro atoms. The van der Waals surface area contributed by atoms with Crippen LogP contribution in [-0.2, 0) is 9.47 Å². The normalized spacial score (nSPS) is 17.2. The van der Waals surface area contributed by atoms with E-state index in [1.165, 1.54) is 0 Å². The summed E-state index contributed by atoms with van der Waals surface area (Å²) in [6, 6.07) is 6.63. The lowest BCUT2D eigenvalue weighted by atomic mass is 10.1. The van der Waals surface area contributed by atoms with Gasteiger partial charge in [0.15, 0.2) is 29.1 Å². The first kappa shape index (κ1) is 27.9. The van der Waals surface area contributed by atoms with E-state index in [9.17, 15) is 9.59 Å². The fourth-order valence-corrected chi connectivity index (χ4v) is 4.37. The molecule has 2 unspecified atom stereocenters. The van der Waals surface area contributed by atoms with Gasteiger partial charge in [-0.25, -0.2) is 9.59 Å². The van der Waals surface area contributed by atoms with E-state index in [2.05, 4.69) is 38.4 Å². The average molecular weight is 628 g/mol. The molecule has 0 aromatic heterocycles. The zero-order valence-electron chi connectivity index (χ0n) is 20.3. The van der Waals surface area contributed by atoms with Gasteiger partial charge < -0.3 is 28.4 Å². The molecule has 0 bridgehead atoms. The summed E-state index contributed by atoms with van der Waals surface area (Å²) in [7, 11) is 0. The van der Waals surface area contributed by atoms with Gasteiger partial charge in [0.05, 0.1) is 33.3 Å². The smallest absolute Gasteiger partial charge is 0.338 e. The SMILES string of the molecule is C=CC1COc2cc(C(=O)OCC)cc(Br)c2O1.CCOC(=O)c1cc(Br)c2c(c1)OCC(CC)O2. The molecule has 0 saturated heterocycles. The van der Waals surface area contributed by atoms with Crippen LogP contribution in [0.4, 0.5) is 0 Å². The van der Waals surface area contributed by atoms with Gasteiger partial charge in [-0.05, 0) is 82.5 Å². The second kappa shape index (κ2) is 13.0. The van der Waals surface area contributed by atoms with Crippen molar-refractivity contribution in [3.63, 3.8) is 0 Å². The highest BCUT2D eigenvalue weighted by molar-refractivity contribution is 9.11. The molecule has 0 N–H and O–H groups in total. The van der Waals surface area contributed by atoms with Crippen molar-refractivity contribution in [2.45, 2.75) is 39.4 Å². The Hall–Kier alpha value is -2.72. The van der Waals surface area contributed by atoms with Crippen LogP contribution < -0.4 is 18.9 Å². The van der Waals surface area contributed by atoms with Gasteiger partial charge in [-0.15, -0.1) is 0 Å². The van der Waals surface area contributed by atoms with Gasteiger partial charge in [0, 0.05) is 0 Å². The number of benzene rings is 2. The number of esters is 2. The fourth-order valence-electron chi connectivity index (χ4n) is 3.30. The molecule has 2 aliphatic heterocycles. The molecule has 8 nitrogen and oxygen atoms in total.